The Morgan fingerprint density at radius 2 is 1.89 bits per heavy atom. The maximum absolute atomic E-state index is 6.33. The zero-order chi connectivity index (χ0) is 25.7. The summed E-state index contributed by atoms with van der Waals surface area (Å²) >= 11 is 12.0. The van der Waals surface area contributed by atoms with E-state index >= 15 is 0 Å². The highest BCUT2D eigenvalue weighted by Gasteiger charge is 2.35. The normalized spacial score (nSPS) is 18.9. The second-order valence-electron chi connectivity index (χ2n) is 10.3. The largest absolute Gasteiger partial charge is 0.439 e. The molecule has 0 spiro atoms. The quantitative estimate of drug-likeness (QED) is 0.317. The van der Waals surface area contributed by atoms with Gasteiger partial charge in [0, 0.05) is 36.1 Å². The monoisotopic (exact) mass is 535 g/mol. The van der Waals surface area contributed by atoms with Gasteiger partial charge in [0.25, 0.3) is 0 Å². The summed E-state index contributed by atoms with van der Waals surface area (Å²) in [5, 5.41) is 7.95. The van der Waals surface area contributed by atoms with Gasteiger partial charge in [-0.2, -0.15) is 9.97 Å². The van der Waals surface area contributed by atoms with Crippen LogP contribution >= 0.6 is 23.8 Å². The lowest BCUT2D eigenvalue weighted by Gasteiger charge is -2.32. The molecule has 1 aromatic heterocycles. The third-order valence-corrected chi connectivity index (χ3v) is 7.93. The minimum atomic E-state index is 0.0187. The van der Waals surface area contributed by atoms with Gasteiger partial charge < -0.3 is 20.3 Å². The topological polar surface area (TPSA) is 62.3 Å². The van der Waals surface area contributed by atoms with Crippen molar-refractivity contribution >= 4 is 40.7 Å². The van der Waals surface area contributed by atoms with Crippen molar-refractivity contribution in [1.29, 1.82) is 0 Å². The van der Waals surface area contributed by atoms with Gasteiger partial charge in [0.05, 0.1) is 0 Å². The van der Waals surface area contributed by atoms with E-state index in [1.54, 1.807) is 0 Å². The Hall–Kier alpha value is -2.90. The van der Waals surface area contributed by atoms with Crippen molar-refractivity contribution in [2.24, 2.45) is 5.92 Å². The second kappa shape index (κ2) is 11.7. The number of piperidine rings is 1. The number of para-hydroxylation sites is 1. The van der Waals surface area contributed by atoms with Gasteiger partial charge in [-0.1, -0.05) is 61.7 Å². The Morgan fingerprint density at radius 3 is 2.65 bits per heavy atom. The Morgan fingerprint density at radius 1 is 1.08 bits per heavy atom. The molecule has 37 heavy (non-hydrogen) atoms. The van der Waals surface area contributed by atoms with Crippen molar-refractivity contribution < 1.29 is 4.74 Å². The van der Waals surface area contributed by atoms with Crippen LogP contribution in [0.15, 0.2) is 60.7 Å². The highest BCUT2D eigenvalue weighted by atomic mass is 35.5. The molecular weight excluding hydrogens is 502 g/mol. The number of nitrogens with one attached hydrogen (secondary N) is 2. The van der Waals surface area contributed by atoms with Crippen LogP contribution in [0.25, 0.3) is 0 Å². The van der Waals surface area contributed by atoms with E-state index in [4.69, 9.17) is 33.5 Å². The first-order valence-corrected chi connectivity index (χ1v) is 14.0. The number of ether oxygens (including phenoxy) is 1. The summed E-state index contributed by atoms with van der Waals surface area (Å²) in [6, 6.07) is 19.8. The van der Waals surface area contributed by atoms with Crippen molar-refractivity contribution in [3.05, 3.63) is 71.2 Å². The first-order chi connectivity index (χ1) is 18.0. The molecule has 2 N–H and O–H groups in total. The van der Waals surface area contributed by atoms with Crippen molar-refractivity contribution in [3.8, 4) is 11.6 Å². The fourth-order valence-electron chi connectivity index (χ4n) is 5.52. The molecule has 0 amide bonds. The second-order valence-corrected chi connectivity index (χ2v) is 11.1. The van der Waals surface area contributed by atoms with Crippen molar-refractivity contribution in [2.75, 3.05) is 29.9 Å². The number of rotatable bonds is 7. The molecule has 2 heterocycles. The van der Waals surface area contributed by atoms with Crippen LogP contribution in [-0.4, -0.2) is 34.7 Å². The van der Waals surface area contributed by atoms with Crippen LogP contribution in [0.2, 0.25) is 5.02 Å². The number of thiocarbonyl (C=S) groups is 1. The van der Waals surface area contributed by atoms with E-state index in [0.29, 0.717) is 22.9 Å². The number of nitrogens with zero attached hydrogens (tertiary/aromatic N) is 3. The SMILES string of the molecule is CC1CCCN(c2cc(Oc3ccccc3)nc(NC(=S)NCC3(c4cccc(Cl)c4)CCCC3)n2)C1. The summed E-state index contributed by atoms with van der Waals surface area (Å²) < 4.78 is 6.09. The van der Waals surface area contributed by atoms with E-state index < -0.39 is 0 Å². The molecule has 1 saturated heterocycles. The maximum atomic E-state index is 6.33. The van der Waals surface area contributed by atoms with Crippen LogP contribution < -0.4 is 20.3 Å². The van der Waals surface area contributed by atoms with E-state index in [0.717, 1.165) is 55.5 Å². The number of anilines is 2. The highest BCUT2D eigenvalue weighted by molar-refractivity contribution is 7.80. The fraction of sp³-hybridized carbons (Fsp3) is 0.414. The molecule has 1 unspecified atom stereocenters. The molecule has 0 bridgehead atoms. The Balaban J connectivity index is 1.33. The molecule has 8 heteroatoms. The zero-order valence-corrected chi connectivity index (χ0v) is 22.8. The Bertz CT molecular complexity index is 1220. The van der Waals surface area contributed by atoms with Crippen LogP contribution in [0.1, 0.15) is 51.0 Å². The standard InChI is InChI=1S/C29H34ClN5OS/c1-21-9-8-16-35(19-21)25-18-26(36-24-12-3-2-4-13-24)33-27(32-25)34-28(37)31-20-29(14-5-6-15-29)22-10-7-11-23(30)17-22/h2-4,7,10-13,17-18,21H,5-6,8-9,14-16,19-20H2,1H3,(H2,31,32,33,34,37). The number of benzene rings is 2. The number of hydrogen-bond acceptors (Lipinski definition) is 5. The van der Waals surface area contributed by atoms with Gasteiger partial charge in [-0.25, -0.2) is 0 Å². The summed E-state index contributed by atoms with van der Waals surface area (Å²) in [7, 11) is 0. The van der Waals surface area contributed by atoms with Crippen molar-refractivity contribution in [1.82, 2.24) is 15.3 Å². The van der Waals surface area contributed by atoms with Crippen molar-refractivity contribution in [2.45, 2.75) is 50.9 Å². The number of aromatic nitrogens is 2. The van der Waals surface area contributed by atoms with Gasteiger partial charge in [-0.15, -0.1) is 0 Å². The predicted molar refractivity (Wildman–Crippen MR) is 155 cm³/mol. The molecule has 5 rings (SSSR count). The van der Waals surface area contributed by atoms with Crippen LogP contribution in [0.5, 0.6) is 11.6 Å². The van der Waals surface area contributed by atoms with Gasteiger partial charge in [-0.05, 0) is 73.6 Å². The van der Waals surface area contributed by atoms with E-state index in [-0.39, 0.29) is 5.41 Å². The first kappa shape index (κ1) is 25.7. The molecule has 1 saturated carbocycles. The van der Waals surface area contributed by atoms with E-state index in [1.165, 1.54) is 24.8 Å². The minimum absolute atomic E-state index is 0.0187. The molecule has 1 aliphatic carbocycles. The molecule has 6 nitrogen and oxygen atoms in total. The highest BCUT2D eigenvalue weighted by Crippen LogP contribution is 2.41. The molecule has 2 fully saturated rings. The van der Waals surface area contributed by atoms with Crippen LogP contribution in [0.4, 0.5) is 11.8 Å². The Kier molecular flexibility index (Phi) is 8.11. The lowest BCUT2D eigenvalue weighted by molar-refractivity contribution is 0.435. The molecule has 2 aliphatic rings. The summed E-state index contributed by atoms with van der Waals surface area (Å²) in [4.78, 5) is 11.8. The smallest absolute Gasteiger partial charge is 0.234 e. The van der Waals surface area contributed by atoms with Gasteiger partial charge in [0.15, 0.2) is 5.11 Å². The van der Waals surface area contributed by atoms with Gasteiger partial charge in [0.2, 0.25) is 11.8 Å². The molecule has 1 atom stereocenters. The molecule has 194 valence electrons. The van der Waals surface area contributed by atoms with Crippen molar-refractivity contribution in [3.63, 3.8) is 0 Å². The van der Waals surface area contributed by atoms with Crippen LogP contribution in [0.3, 0.4) is 0 Å². The Labute approximate surface area is 229 Å². The third-order valence-electron chi connectivity index (χ3n) is 7.45. The van der Waals surface area contributed by atoms with Gasteiger partial charge in [0.1, 0.15) is 11.6 Å². The first-order valence-electron chi connectivity index (χ1n) is 13.2. The minimum Gasteiger partial charge on any atom is -0.439 e. The molecule has 3 aromatic rings. The fourth-order valence-corrected chi connectivity index (χ4v) is 5.88. The molecule has 2 aromatic carbocycles. The van der Waals surface area contributed by atoms with Gasteiger partial charge >= 0.3 is 0 Å². The molecule has 1 aliphatic heterocycles. The lowest BCUT2D eigenvalue weighted by Crippen LogP contribution is -2.41. The molecular formula is C29H34ClN5OS. The summed E-state index contributed by atoms with van der Waals surface area (Å²) in [5.74, 6) is 3.13. The zero-order valence-electron chi connectivity index (χ0n) is 21.3. The van der Waals surface area contributed by atoms with E-state index in [9.17, 15) is 0 Å². The summed E-state index contributed by atoms with van der Waals surface area (Å²) in [6.07, 6.45) is 7.01. The van der Waals surface area contributed by atoms with E-state index in [1.807, 2.05) is 48.5 Å². The average Bonchev–Trinajstić information content (AvgIpc) is 3.38. The number of halogens is 1. The molecule has 0 radical (unpaired) electrons. The maximum Gasteiger partial charge on any atom is 0.234 e. The van der Waals surface area contributed by atoms with Gasteiger partial charge in [-0.3, -0.25) is 0 Å². The van der Waals surface area contributed by atoms with Crippen LogP contribution in [0, 0.1) is 5.92 Å². The predicted octanol–water partition coefficient (Wildman–Crippen LogP) is 6.96. The third kappa shape index (κ3) is 6.51. The van der Waals surface area contributed by atoms with Crippen LogP contribution in [-0.2, 0) is 5.41 Å². The summed E-state index contributed by atoms with van der Waals surface area (Å²) in [5.41, 5.74) is 1.29. The van der Waals surface area contributed by atoms with E-state index in [2.05, 4.69) is 39.6 Å². The lowest BCUT2D eigenvalue weighted by atomic mass is 9.79. The average molecular weight is 536 g/mol. The summed E-state index contributed by atoms with van der Waals surface area (Å²) in [6.45, 7) is 4.95. The number of hydrogen-bond donors (Lipinski definition) is 2.